The average molecular weight is 451 g/mol. The molecule has 2 aromatic rings. The van der Waals surface area contributed by atoms with Crippen molar-refractivity contribution in [2.75, 3.05) is 55.7 Å². The van der Waals surface area contributed by atoms with Crippen molar-refractivity contribution in [3.8, 4) is 0 Å². The number of piperazine rings is 1. The number of aryl methyl sites for hydroxylation is 1. The normalized spacial score (nSPS) is 21.7. The summed E-state index contributed by atoms with van der Waals surface area (Å²) in [6.07, 6.45) is 3.34. The van der Waals surface area contributed by atoms with Gasteiger partial charge in [-0.3, -0.25) is 9.59 Å². The van der Waals surface area contributed by atoms with Gasteiger partial charge in [-0.15, -0.1) is 0 Å². The van der Waals surface area contributed by atoms with Gasteiger partial charge in [0.2, 0.25) is 0 Å². The SMILES string of the molecule is Cc1cc(NC(=O)C(=O)N2C[C@@H](C)CC[C@@H]2c2ccc(N3CCN(C)CC3)cc2)cnc1N. The highest BCUT2D eigenvalue weighted by atomic mass is 16.2. The lowest BCUT2D eigenvalue weighted by atomic mass is 9.89. The molecule has 8 nitrogen and oxygen atoms in total. The molecule has 2 amide bonds. The van der Waals surface area contributed by atoms with Gasteiger partial charge in [0.25, 0.3) is 0 Å². The van der Waals surface area contributed by atoms with Gasteiger partial charge in [-0.25, -0.2) is 4.98 Å². The number of nitrogens with zero attached hydrogens (tertiary/aromatic N) is 4. The van der Waals surface area contributed by atoms with Crippen LogP contribution in [-0.2, 0) is 9.59 Å². The van der Waals surface area contributed by atoms with E-state index in [1.54, 1.807) is 11.0 Å². The van der Waals surface area contributed by atoms with Crippen molar-refractivity contribution in [3.63, 3.8) is 0 Å². The van der Waals surface area contributed by atoms with E-state index >= 15 is 0 Å². The number of carbonyl (C=O) groups is 2. The highest BCUT2D eigenvalue weighted by molar-refractivity contribution is 6.39. The molecule has 4 rings (SSSR count). The van der Waals surface area contributed by atoms with Crippen LogP contribution in [0.4, 0.5) is 17.2 Å². The van der Waals surface area contributed by atoms with Gasteiger partial charge in [0, 0.05) is 38.4 Å². The van der Waals surface area contributed by atoms with Gasteiger partial charge < -0.3 is 25.8 Å². The van der Waals surface area contributed by atoms with Crippen LogP contribution in [0.25, 0.3) is 0 Å². The number of nitrogens with two attached hydrogens (primary N) is 1. The highest BCUT2D eigenvalue weighted by Crippen LogP contribution is 2.34. The number of likely N-dealkylation sites (N-methyl/N-ethyl adjacent to an activating group) is 1. The first-order valence-electron chi connectivity index (χ1n) is 11.7. The fourth-order valence-electron chi connectivity index (χ4n) is 4.66. The standard InChI is InChI=1S/C25H34N6O2/c1-17-4-9-22(19-5-7-21(8-6-19)30-12-10-29(3)11-13-30)31(16-17)25(33)24(32)28-20-14-18(2)23(26)27-15-20/h5-8,14-15,17,22H,4,9-13,16H2,1-3H3,(H2,26,27)(H,28,32)/t17-,22+/m0/s1. The number of benzene rings is 1. The fraction of sp³-hybridized carbons (Fsp3) is 0.480. The number of anilines is 3. The third-order valence-electron chi connectivity index (χ3n) is 6.80. The van der Waals surface area contributed by atoms with Gasteiger partial charge in [-0.2, -0.15) is 0 Å². The van der Waals surface area contributed by atoms with E-state index in [2.05, 4.69) is 58.3 Å². The second-order valence-electron chi connectivity index (χ2n) is 9.42. The van der Waals surface area contributed by atoms with Crippen LogP contribution >= 0.6 is 0 Å². The number of hydrogen-bond acceptors (Lipinski definition) is 6. The maximum absolute atomic E-state index is 13.2. The van der Waals surface area contributed by atoms with Crippen molar-refractivity contribution in [3.05, 3.63) is 47.7 Å². The molecule has 0 bridgehead atoms. The second kappa shape index (κ2) is 9.79. The van der Waals surface area contributed by atoms with E-state index in [1.807, 2.05) is 6.92 Å². The minimum Gasteiger partial charge on any atom is -0.383 e. The maximum atomic E-state index is 13.2. The summed E-state index contributed by atoms with van der Waals surface area (Å²) in [6.45, 7) is 8.65. The number of hydrogen-bond donors (Lipinski definition) is 2. The molecule has 1 aromatic heterocycles. The van der Waals surface area contributed by atoms with E-state index in [1.165, 1.54) is 11.9 Å². The van der Waals surface area contributed by atoms with E-state index in [-0.39, 0.29) is 6.04 Å². The summed E-state index contributed by atoms with van der Waals surface area (Å²) in [4.78, 5) is 36.5. The van der Waals surface area contributed by atoms with Crippen LogP contribution < -0.4 is 16.0 Å². The number of carbonyl (C=O) groups excluding carboxylic acids is 2. The van der Waals surface area contributed by atoms with Gasteiger partial charge >= 0.3 is 11.8 Å². The monoisotopic (exact) mass is 450 g/mol. The molecule has 3 N–H and O–H groups in total. The molecule has 2 aliphatic heterocycles. The van der Waals surface area contributed by atoms with Crippen molar-refractivity contribution in [1.29, 1.82) is 0 Å². The molecule has 0 aliphatic carbocycles. The Morgan fingerprint density at radius 1 is 1.09 bits per heavy atom. The third kappa shape index (κ3) is 5.27. The molecule has 176 valence electrons. The lowest BCUT2D eigenvalue weighted by Crippen LogP contribution is -2.46. The van der Waals surface area contributed by atoms with Crippen LogP contribution in [0.1, 0.15) is 36.9 Å². The predicted molar refractivity (Wildman–Crippen MR) is 131 cm³/mol. The summed E-state index contributed by atoms with van der Waals surface area (Å²) < 4.78 is 0. The molecule has 2 fully saturated rings. The third-order valence-corrected chi connectivity index (χ3v) is 6.80. The number of aromatic nitrogens is 1. The molecule has 2 saturated heterocycles. The van der Waals surface area contributed by atoms with Gasteiger partial charge in [0.05, 0.1) is 17.9 Å². The zero-order chi connectivity index (χ0) is 23.5. The van der Waals surface area contributed by atoms with Gasteiger partial charge in [0.1, 0.15) is 5.82 Å². The summed E-state index contributed by atoms with van der Waals surface area (Å²) in [5.41, 5.74) is 9.26. The Hall–Kier alpha value is -3.13. The maximum Gasteiger partial charge on any atom is 0.313 e. The molecule has 0 spiro atoms. The van der Waals surface area contributed by atoms with E-state index in [0.29, 0.717) is 24.0 Å². The first-order chi connectivity index (χ1) is 15.8. The smallest absolute Gasteiger partial charge is 0.313 e. The van der Waals surface area contributed by atoms with Crippen molar-refractivity contribution < 1.29 is 9.59 Å². The van der Waals surface area contributed by atoms with Crippen LogP contribution in [0, 0.1) is 12.8 Å². The summed E-state index contributed by atoms with van der Waals surface area (Å²) in [5.74, 6) is -0.398. The topological polar surface area (TPSA) is 94.8 Å². The molecule has 1 aromatic carbocycles. The molecule has 2 aliphatic rings. The van der Waals surface area contributed by atoms with E-state index in [9.17, 15) is 9.59 Å². The lowest BCUT2D eigenvalue weighted by Gasteiger charge is -2.39. The summed E-state index contributed by atoms with van der Waals surface area (Å²) in [7, 11) is 2.15. The fourth-order valence-corrected chi connectivity index (χ4v) is 4.66. The van der Waals surface area contributed by atoms with Crippen molar-refractivity contribution in [2.24, 2.45) is 5.92 Å². The van der Waals surface area contributed by atoms with Gasteiger partial charge in [0.15, 0.2) is 0 Å². The van der Waals surface area contributed by atoms with Crippen LogP contribution in [0.15, 0.2) is 36.5 Å². The number of piperidine rings is 1. The number of nitrogens with one attached hydrogen (secondary N) is 1. The van der Waals surface area contributed by atoms with E-state index in [0.717, 1.165) is 50.1 Å². The van der Waals surface area contributed by atoms with Gasteiger partial charge in [-0.05, 0) is 62.1 Å². The molecular formula is C25H34N6O2. The molecule has 8 heteroatoms. The lowest BCUT2D eigenvalue weighted by molar-refractivity contribution is -0.146. The summed E-state index contributed by atoms with van der Waals surface area (Å²) in [5, 5.41) is 2.69. The Labute approximate surface area is 195 Å². The Balaban J connectivity index is 1.48. The summed E-state index contributed by atoms with van der Waals surface area (Å²) >= 11 is 0. The summed E-state index contributed by atoms with van der Waals surface area (Å²) in [6, 6.07) is 10.1. The Morgan fingerprint density at radius 2 is 1.79 bits per heavy atom. The molecule has 0 unspecified atom stereocenters. The number of rotatable bonds is 3. The number of pyridine rings is 1. The van der Waals surface area contributed by atoms with Crippen LogP contribution in [0.2, 0.25) is 0 Å². The van der Waals surface area contributed by atoms with Crippen molar-refractivity contribution in [1.82, 2.24) is 14.8 Å². The van der Waals surface area contributed by atoms with Crippen molar-refractivity contribution in [2.45, 2.75) is 32.7 Å². The quantitative estimate of drug-likeness (QED) is 0.698. The number of amides is 2. The zero-order valence-corrected chi connectivity index (χ0v) is 19.8. The minimum atomic E-state index is -0.644. The van der Waals surface area contributed by atoms with Crippen LogP contribution in [0.5, 0.6) is 0 Å². The predicted octanol–water partition coefficient (Wildman–Crippen LogP) is 2.66. The molecule has 0 radical (unpaired) electrons. The average Bonchev–Trinajstić information content (AvgIpc) is 2.81. The Morgan fingerprint density at radius 3 is 2.45 bits per heavy atom. The first kappa shape index (κ1) is 23.0. The van der Waals surface area contributed by atoms with E-state index < -0.39 is 11.8 Å². The number of likely N-dealkylation sites (tertiary alicyclic amines) is 1. The largest absolute Gasteiger partial charge is 0.383 e. The molecule has 0 saturated carbocycles. The first-order valence-corrected chi connectivity index (χ1v) is 11.7. The zero-order valence-electron chi connectivity index (χ0n) is 19.8. The molecular weight excluding hydrogens is 416 g/mol. The highest BCUT2D eigenvalue weighted by Gasteiger charge is 2.34. The molecule has 2 atom stereocenters. The molecule has 3 heterocycles. The van der Waals surface area contributed by atoms with E-state index in [4.69, 9.17) is 5.73 Å². The molecule has 33 heavy (non-hydrogen) atoms. The Bertz CT molecular complexity index is 1000. The second-order valence-corrected chi connectivity index (χ2v) is 9.42. The van der Waals surface area contributed by atoms with Crippen LogP contribution in [-0.4, -0.2) is 66.4 Å². The van der Waals surface area contributed by atoms with Crippen LogP contribution in [0.3, 0.4) is 0 Å². The van der Waals surface area contributed by atoms with Gasteiger partial charge in [-0.1, -0.05) is 19.1 Å². The minimum absolute atomic E-state index is 0.104. The number of nitrogen functional groups attached to an aromatic ring is 1. The Kier molecular flexibility index (Phi) is 6.83. The van der Waals surface area contributed by atoms with Crippen molar-refractivity contribution >= 4 is 29.0 Å².